The summed E-state index contributed by atoms with van der Waals surface area (Å²) in [4.78, 5) is 12.6. The standard InChI is InChI=1S/C20H20FN3O3/c1-3-26-15-9-10-19(27-4-2)17(11-15)22-20(25)18-12-16(23-24-18)13-5-7-14(21)8-6-13/h5-12H,3-4H2,1-2H3,(H,22,25)(H,23,24). The molecule has 0 atom stereocenters. The Morgan fingerprint density at radius 3 is 2.52 bits per heavy atom. The Labute approximate surface area is 156 Å². The van der Waals surface area contributed by atoms with E-state index in [0.717, 1.165) is 0 Å². The van der Waals surface area contributed by atoms with Crippen LogP contribution >= 0.6 is 0 Å². The summed E-state index contributed by atoms with van der Waals surface area (Å²) < 4.78 is 24.1. The third-order valence-electron chi connectivity index (χ3n) is 3.77. The maximum atomic E-state index is 13.1. The Bertz CT molecular complexity index is 922. The number of halogens is 1. The molecule has 0 radical (unpaired) electrons. The SMILES string of the molecule is CCOc1ccc(OCC)c(NC(=O)c2cc(-c3ccc(F)cc3)n[nH]2)c1. The summed E-state index contributed by atoms with van der Waals surface area (Å²) in [7, 11) is 0. The molecule has 0 aliphatic heterocycles. The second-order valence-corrected chi connectivity index (χ2v) is 5.65. The maximum Gasteiger partial charge on any atom is 0.273 e. The zero-order valence-corrected chi connectivity index (χ0v) is 15.1. The minimum absolute atomic E-state index is 0.276. The normalized spacial score (nSPS) is 10.5. The number of nitrogens with one attached hydrogen (secondary N) is 2. The number of H-pyrrole nitrogens is 1. The molecule has 1 heterocycles. The van der Waals surface area contributed by atoms with Crippen LogP contribution in [0.4, 0.5) is 10.1 Å². The number of aromatic nitrogens is 2. The molecule has 7 heteroatoms. The molecule has 2 N–H and O–H groups in total. The van der Waals surface area contributed by atoms with E-state index < -0.39 is 0 Å². The number of ether oxygens (including phenoxy) is 2. The second kappa shape index (κ2) is 8.35. The molecule has 0 aliphatic rings. The number of hydrogen-bond acceptors (Lipinski definition) is 4. The van der Waals surface area contributed by atoms with E-state index in [-0.39, 0.29) is 17.4 Å². The Morgan fingerprint density at radius 2 is 1.81 bits per heavy atom. The van der Waals surface area contributed by atoms with Gasteiger partial charge in [0.15, 0.2) is 0 Å². The third kappa shape index (κ3) is 4.44. The summed E-state index contributed by atoms with van der Waals surface area (Å²) >= 11 is 0. The largest absolute Gasteiger partial charge is 0.494 e. The Balaban J connectivity index is 1.81. The number of carbonyl (C=O) groups excluding carboxylic acids is 1. The minimum atomic E-state index is -0.370. The number of aromatic amines is 1. The van der Waals surface area contributed by atoms with Crippen LogP contribution in [-0.4, -0.2) is 29.3 Å². The predicted molar refractivity (Wildman–Crippen MR) is 101 cm³/mol. The number of benzene rings is 2. The van der Waals surface area contributed by atoms with E-state index >= 15 is 0 Å². The smallest absolute Gasteiger partial charge is 0.273 e. The molecule has 0 bridgehead atoms. The number of amides is 1. The van der Waals surface area contributed by atoms with Crippen molar-refractivity contribution < 1.29 is 18.7 Å². The number of anilines is 1. The van der Waals surface area contributed by atoms with Gasteiger partial charge < -0.3 is 14.8 Å². The third-order valence-corrected chi connectivity index (χ3v) is 3.77. The summed E-state index contributed by atoms with van der Waals surface area (Å²) in [5.41, 5.74) is 2.04. The first-order chi connectivity index (χ1) is 13.1. The van der Waals surface area contributed by atoms with Crippen molar-refractivity contribution >= 4 is 11.6 Å². The topological polar surface area (TPSA) is 76.2 Å². The lowest BCUT2D eigenvalue weighted by Crippen LogP contribution is -2.13. The van der Waals surface area contributed by atoms with Crippen LogP contribution in [0.5, 0.6) is 11.5 Å². The van der Waals surface area contributed by atoms with Gasteiger partial charge in [-0.05, 0) is 56.3 Å². The zero-order valence-electron chi connectivity index (χ0n) is 15.1. The van der Waals surface area contributed by atoms with E-state index in [0.29, 0.717) is 41.7 Å². The van der Waals surface area contributed by atoms with Crippen LogP contribution in [0.2, 0.25) is 0 Å². The lowest BCUT2D eigenvalue weighted by Gasteiger charge is -2.13. The molecule has 27 heavy (non-hydrogen) atoms. The van der Waals surface area contributed by atoms with Crippen molar-refractivity contribution in [3.63, 3.8) is 0 Å². The molecule has 6 nitrogen and oxygen atoms in total. The van der Waals surface area contributed by atoms with Crippen molar-refractivity contribution in [2.45, 2.75) is 13.8 Å². The van der Waals surface area contributed by atoms with Gasteiger partial charge in [-0.2, -0.15) is 5.10 Å². The fourth-order valence-electron chi connectivity index (χ4n) is 2.54. The molecule has 0 saturated carbocycles. The highest BCUT2D eigenvalue weighted by Crippen LogP contribution is 2.30. The summed E-state index contributed by atoms with van der Waals surface area (Å²) in [6.07, 6.45) is 0. The predicted octanol–water partition coefficient (Wildman–Crippen LogP) is 4.27. The fourth-order valence-corrected chi connectivity index (χ4v) is 2.54. The van der Waals surface area contributed by atoms with Gasteiger partial charge in [0.25, 0.3) is 5.91 Å². The van der Waals surface area contributed by atoms with Gasteiger partial charge in [-0.15, -0.1) is 0 Å². The number of rotatable bonds is 7. The average molecular weight is 369 g/mol. The van der Waals surface area contributed by atoms with E-state index in [1.54, 1.807) is 36.4 Å². The second-order valence-electron chi connectivity index (χ2n) is 5.65. The molecule has 1 amide bonds. The van der Waals surface area contributed by atoms with Crippen LogP contribution in [-0.2, 0) is 0 Å². The van der Waals surface area contributed by atoms with Crippen LogP contribution in [0.3, 0.4) is 0 Å². The average Bonchev–Trinajstić information content (AvgIpc) is 3.15. The van der Waals surface area contributed by atoms with Gasteiger partial charge in [-0.3, -0.25) is 9.89 Å². The highest BCUT2D eigenvalue weighted by atomic mass is 19.1. The van der Waals surface area contributed by atoms with E-state index in [2.05, 4.69) is 15.5 Å². The lowest BCUT2D eigenvalue weighted by molar-refractivity contribution is 0.102. The van der Waals surface area contributed by atoms with Gasteiger partial charge in [0.1, 0.15) is 23.0 Å². The molecule has 1 aromatic heterocycles. The van der Waals surface area contributed by atoms with E-state index in [9.17, 15) is 9.18 Å². The molecule has 0 saturated heterocycles. The highest BCUT2D eigenvalue weighted by molar-refractivity contribution is 6.04. The molecule has 3 aromatic rings. The van der Waals surface area contributed by atoms with Crippen molar-refractivity contribution in [1.82, 2.24) is 10.2 Å². The first kappa shape index (κ1) is 18.4. The van der Waals surface area contributed by atoms with Crippen molar-refractivity contribution in [3.05, 3.63) is 60.0 Å². The van der Waals surface area contributed by atoms with Gasteiger partial charge in [0, 0.05) is 11.6 Å². The van der Waals surface area contributed by atoms with Crippen LogP contribution in [0.1, 0.15) is 24.3 Å². The number of carbonyl (C=O) groups is 1. The fraction of sp³-hybridized carbons (Fsp3) is 0.200. The Hall–Kier alpha value is -3.35. The molecule has 0 spiro atoms. The summed E-state index contributed by atoms with van der Waals surface area (Å²) in [6, 6.07) is 12.7. The molecule has 0 fully saturated rings. The van der Waals surface area contributed by atoms with Crippen molar-refractivity contribution in [2.24, 2.45) is 0 Å². The monoisotopic (exact) mass is 369 g/mol. The first-order valence-electron chi connectivity index (χ1n) is 8.63. The molecule has 140 valence electrons. The summed E-state index contributed by atoms with van der Waals surface area (Å²) in [5.74, 6) is 0.482. The maximum absolute atomic E-state index is 13.1. The van der Waals surface area contributed by atoms with Crippen LogP contribution in [0, 0.1) is 5.82 Å². The number of hydrogen-bond donors (Lipinski definition) is 2. The van der Waals surface area contributed by atoms with Crippen LogP contribution in [0.25, 0.3) is 11.3 Å². The Morgan fingerprint density at radius 1 is 1.07 bits per heavy atom. The summed E-state index contributed by atoms with van der Waals surface area (Å²) in [6.45, 7) is 4.74. The first-order valence-corrected chi connectivity index (χ1v) is 8.63. The molecule has 2 aromatic carbocycles. The Kier molecular flexibility index (Phi) is 5.71. The number of nitrogens with zero attached hydrogens (tertiary/aromatic N) is 1. The van der Waals surface area contributed by atoms with E-state index in [1.165, 1.54) is 12.1 Å². The van der Waals surface area contributed by atoms with Crippen LogP contribution in [0.15, 0.2) is 48.5 Å². The van der Waals surface area contributed by atoms with Crippen molar-refractivity contribution in [2.75, 3.05) is 18.5 Å². The molecular weight excluding hydrogens is 349 g/mol. The van der Waals surface area contributed by atoms with E-state index in [1.807, 2.05) is 13.8 Å². The van der Waals surface area contributed by atoms with Gasteiger partial charge >= 0.3 is 0 Å². The van der Waals surface area contributed by atoms with Crippen molar-refractivity contribution in [3.8, 4) is 22.8 Å². The highest BCUT2D eigenvalue weighted by Gasteiger charge is 2.14. The van der Waals surface area contributed by atoms with Crippen LogP contribution < -0.4 is 14.8 Å². The van der Waals surface area contributed by atoms with E-state index in [4.69, 9.17) is 9.47 Å². The lowest BCUT2D eigenvalue weighted by atomic mass is 10.1. The quantitative estimate of drug-likeness (QED) is 0.652. The van der Waals surface area contributed by atoms with Crippen molar-refractivity contribution in [1.29, 1.82) is 0 Å². The van der Waals surface area contributed by atoms with Gasteiger partial charge in [0.2, 0.25) is 0 Å². The van der Waals surface area contributed by atoms with Gasteiger partial charge in [-0.25, -0.2) is 4.39 Å². The zero-order chi connectivity index (χ0) is 19.2. The molecule has 3 rings (SSSR count). The summed E-state index contributed by atoms with van der Waals surface area (Å²) in [5, 5.41) is 9.63. The molecular formula is C20H20FN3O3. The van der Waals surface area contributed by atoms with Gasteiger partial charge in [-0.1, -0.05) is 0 Å². The minimum Gasteiger partial charge on any atom is -0.494 e. The molecule has 0 aliphatic carbocycles. The molecule has 0 unspecified atom stereocenters. The van der Waals surface area contributed by atoms with Gasteiger partial charge in [0.05, 0.1) is 24.6 Å².